The van der Waals surface area contributed by atoms with Crippen molar-refractivity contribution in [2.45, 2.75) is 51.1 Å². The highest BCUT2D eigenvalue weighted by Gasteiger charge is 2.36. The smallest absolute Gasteiger partial charge is 0.337 e. The monoisotopic (exact) mass is 414 g/mol. The summed E-state index contributed by atoms with van der Waals surface area (Å²) in [6.07, 6.45) is 7.45. The fourth-order valence-corrected chi connectivity index (χ4v) is 4.94. The number of pyridine rings is 1. The van der Waals surface area contributed by atoms with E-state index >= 15 is 0 Å². The Bertz CT molecular complexity index is 1240. The van der Waals surface area contributed by atoms with Crippen LogP contribution in [-0.2, 0) is 0 Å². The summed E-state index contributed by atoms with van der Waals surface area (Å²) in [5, 5.41) is 16.6. The van der Waals surface area contributed by atoms with Crippen LogP contribution in [0.3, 0.4) is 0 Å². The topological polar surface area (TPSA) is 57.6 Å². The second-order valence-electron chi connectivity index (χ2n) is 8.54. The molecule has 31 heavy (non-hydrogen) atoms. The molecule has 1 atom stereocenters. The van der Waals surface area contributed by atoms with Gasteiger partial charge in [0.25, 0.3) is 17.2 Å². The molecule has 0 saturated heterocycles. The van der Waals surface area contributed by atoms with Crippen LogP contribution >= 0.6 is 0 Å². The number of rotatable bonds is 4. The van der Waals surface area contributed by atoms with Gasteiger partial charge in [0, 0.05) is 0 Å². The van der Waals surface area contributed by atoms with Crippen molar-refractivity contribution in [2.75, 3.05) is 0 Å². The summed E-state index contributed by atoms with van der Waals surface area (Å²) in [5.74, 6) is -0.213. The Morgan fingerprint density at radius 2 is 1.74 bits per heavy atom. The molecule has 0 radical (unpaired) electrons. The van der Waals surface area contributed by atoms with Crippen LogP contribution in [0.25, 0.3) is 16.4 Å². The Morgan fingerprint density at radius 3 is 2.52 bits per heavy atom. The van der Waals surface area contributed by atoms with Crippen molar-refractivity contribution in [1.82, 2.24) is 9.72 Å². The van der Waals surface area contributed by atoms with Crippen molar-refractivity contribution < 1.29 is 14.5 Å². The van der Waals surface area contributed by atoms with Gasteiger partial charge in [-0.1, -0.05) is 55.0 Å². The fourth-order valence-electron chi connectivity index (χ4n) is 4.94. The molecule has 5 heteroatoms. The molecule has 4 aromatic rings. The van der Waals surface area contributed by atoms with Crippen LogP contribution in [0.2, 0.25) is 0 Å². The second kappa shape index (κ2) is 8.06. The number of aromatic nitrogens is 2. The molecule has 1 aliphatic carbocycles. The predicted molar refractivity (Wildman–Crippen MR) is 121 cm³/mol. The van der Waals surface area contributed by atoms with E-state index in [9.17, 15) is 9.90 Å². The number of carbonyl (C=O) groups excluding carboxylic acids is 1. The molecule has 0 bridgehead atoms. The van der Waals surface area contributed by atoms with E-state index in [0.29, 0.717) is 5.69 Å². The molecule has 2 heterocycles. The first kappa shape index (κ1) is 19.6. The number of nitrogens with zero attached hydrogens (tertiary/aromatic N) is 2. The summed E-state index contributed by atoms with van der Waals surface area (Å²) in [7, 11) is 0. The molecule has 0 spiro atoms. The quantitative estimate of drug-likeness (QED) is 0.458. The Hall–Kier alpha value is -3.34. The number of fused-ring (bicyclic) bond motifs is 3. The molecule has 5 nitrogen and oxygen atoms in total. The lowest BCUT2D eigenvalue weighted by atomic mass is 9.95. The van der Waals surface area contributed by atoms with Gasteiger partial charge in [0.1, 0.15) is 6.04 Å². The van der Waals surface area contributed by atoms with E-state index in [1.807, 2.05) is 70.6 Å². The fraction of sp³-hybridized carbons (Fsp3) is 0.308. The number of hydrogen-bond acceptors (Lipinski definition) is 2. The van der Waals surface area contributed by atoms with Crippen molar-refractivity contribution >= 4 is 22.3 Å². The zero-order chi connectivity index (χ0) is 21.4. The molecular weight excluding hydrogens is 386 g/mol. The van der Waals surface area contributed by atoms with Gasteiger partial charge >= 0.3 is 5.88 Å². The lowest BCUT2D eigenvalue weighted by Gasteiger charge is -2.19. The molecule has 2 N–H and O–H groups in total. The molecule has 2 aromatic carbocycles. The third kappa shape index (κ3) is 3.44. The maximum absolute atomic E-state index is 13.4. The number of imidazole rings is 1. The first-order valence-electron chi connectivity index (χ1n) is 11.2. The van der Waals surface area contributed by atoms with Crippen LogP contribution < -0.4 is 9.88 Å². The predicted octanol–water partition coefficient (Wildman–Crippen LogP) is 5.08. The molecule has 0 unspecified atom stereocenters. The SMILES string of the molecule is C[C@H](NC(=O)c1c(O)[n+](C2CCCCC2)c2c3ccccc3ccn12)c1ccccc1. The maximum Gasteiger partial charge on any atom is 0.337 e. The minimum Gasteiger partial charge on any atom is -0.474 e. The van der Waals surface area contributed by atoms with Crippen molar-refractivity contribution in [3.63, 3.8) is 0 Å². The van der Waals surface area contributed by atoms with Crippen molar-refractivity contribution in [3.05, 3.63) is 78.1 Å². The molecule has 0 aliphatic heterocycles. The summed E-state index contributed by atoms with van der Waals surface area (Å²) in [6.45, 7) is 1.96. The Labute approximate surface area is 182 Å². The number of carbonyl (C=O) groups is 1. The second-order valence-corrected chi connectivity index (χ2v) is 8.54. The summed E-state index contributed by atoms with van der Waals surface area (Å²) < 4.78 is 3.86. The van der Waals surface area contributed by atoms with Crippen LogP contribution in [0, 0.1) is 0 Å². The largest absolute Gasteiger partial charge is 0.474 e. The van der Waals surface area contributed by atoms with Crippen LogP contribution in [-0.4, -0.2) is 15.4 Å². The van der Waals surface area contributed by atoms with Gasteiger partial charge < -0.3 is 10.4 Å². The van der Waals surface area contributed by atoms with Crippen molar-refractivity contribution in [1.29, 1.82) is 0 Å². The first-order chi connectivity index (χ1) is 15.1. The van der Waals surface area contributed by atoms with Gasteiger partial charge in [-0.25, -0.2) is 0 Å². The highest BCUT2D eigenvalue weighted by molar-refractivity contribution is 5.99. The van der Waals surface area contributed by atoms with Crippen LogP contribution in [0.5, 0.6) is 5.88 Å². The van der Waals surface area contributed by atoms with Gasteiger partial charge in [0.15, 0.2) is 0 Å². The normalized spacial score (nSPS) is 15.9. The first-order valence-corrected chi connectivity index (χ1v) is 11.2. The highest BCUT2D eigenvalue weighted by atomic mass is 16.3. The molecule has 1 fully saturated rings. The lowest BCUT2D eigenvalue weighted by molar-refractivity contribution is -0.705. The van der Waals surface area contributed by atoms with Gasteiger partial charge in [0.05, 0.1) is 17.6 Å². The average molecular weight is 415 g/mol. The van der Waals surface area contributed by atoms with Crippen molar-refractivity contribution in [3.8, 4) is 5.88 Å². The molecule has 158 valence electrons. The zero-order valence-electron chi connectivity index (χ0n) is 17.8. The van der Waals surface area contributed by atoms with Gasteiger partial charge in [-0.15, -0.1) is 0 Å². The number of amides is 1. The van der Waals surface area contributed by atoms with E-state index in [0.717, 1.165) is 47.7 Å². The molecule has 1 aliphatic rings. The summed E-state index contributed by atoms with van der Waals surface area (Å²) in [4.78, 5) is 13.4. The van der Waals surface area contributed by atoms with E-state index in [4.69, 9.17) is 0 Å². The van der Waals surface area contributed by atoms with Gasteiger partial charge in [-0.3, -0.25) is 4.79 Å². The Kier molecular flexibility index (Phi) is 5.10. The lowest BCUT2D eigenvalue weighted by Crippen LogP contribution is -2.40. The molecule has 1 amide bonds. The van der Waals surface area contributed by atoms with E-state index in [-0.39, 0.29) is 23.9 Å². The maximum atomic E-state index is 13.4. The number of aromatic hydroxyl groups is 1. The molecule has 5 rings (SSSR count). The standard InChI is InChI=1S/C26H27N3O2/c1-18(19-10-4-2-5-11-19)27-24(30)23-26(31)29(21-13-6-3-7-14-21)25-22-15-9-8-12-20(22)16-17-28(23)25/h2,4-5,8-12,15-18,21H,3,6-7,13-14H2,1H3,(H-,27,30,31)/p+1/t18-/m0/s1. The summed E-state index contributed by atoms with van der Waals surface area (Å²) in [5.41, 5.74) is 2.22. The Balaban J connectivity index is 1.65. The third-order valence-electron chi connectivity index (χ3n) is 6.54. The van der Waals surface area contributed by atoms with Gasteiger partial charge in [0.2, 0.25) is 0 Å². The van der Waals surface area contributed by atoms with Crippen LogP contribution in [0.1, 0.15) is 67.2 Å². The number of hydrogen-bond donors (Lipinski definition) is 2. The van der Waals surface area contributed by atoms with E-state index in [2.05, 4.69) is 17.4 Å². The molecular formula is C26H28N3O2+. The minimum atomic E-state index is -0.270. The zero-order valence-corrected chi connectivity index (χ0v) is 17.8. The van der Waals surface area contributed by atoms with E-state index in [1.54, 1.807) is 0 Å². The Morgan fingerprint density at radius 1 is 1.03 bits per heavy atom. The van der Waals surface area contributed by atoms with Gasteiger partial charge in [-0.05, 0) is 55.7 Å². The number of benzene rings is 2. The molecule has 1 saturated carbocycles. The van der Waals surface area contributed by atoms with E-state index in [1.165, 1.54) is 6.42 Å². The minimum absolute atomic E-state index is 0.0565. The summed E-state index contributed by atoms with van der Waals surface area (Å²) in [6, 6.07) is 20.1. The van der Waals surface area contributed by atoms with Gasteiger partial charge in [-0.2, -0.15) is 8.97 Å². The van der Waals surface area contributed by atoms with E-state index < -0.39 is 0 Å². The van der Waals surface area contributed by atoms with Crippen molar-refractivity contribution in [2.24, 2.45) is 0 Å². The highest BCUT2D eigenvalue weighted by Crippen LogP contribution is 2.31. The third-order valence-corrected chi connectivity index (χ3v) is 6.54. The average Bonchev–Trinajstić information content (AvgIpc) is 3.12. The number of nitrogens with one attached hydrogen (secondary N) is 1. The van der Waals surface area contributed by atoms with Crippen LogP contribution in [0.15, 0.2) is 66.9 Å². The summed E-state index contributed by atoms with van der Waals surface area (Å²) >= 11 is 0. The van der Waals surface area contributed by atoms with Crippen LogP contribution in [0.4, 0.5) is 0 Å². The molecule has 2 aromatic heterocycles.